The fourth-order valence-electron chi connectivity index (χ4n) is 1.20. The molecule has 3 nitrogen and oxygen atoms in total. The molecule has 0 N–H and O–H groups in total. The van der Waals surface area contributed by atoms with Crippen LogP contribution in [0.5, 0.6) is 0 Å². The van der Waals surface area contributed by atoms with Crippen LogP contribution >= 0.6 is 0 Å². The molecule has 1 rings (SSSR count). The molecule has 0 aliphatic heterocycles. The molecular formula is C10H9BF3O3-. The summed E-state index contributed by atoms with van der Waals surface area (Å²) >= 11 is 0. The van der Waals surface area contributed by atoms with Crippen molar-refractivity contribution in [1.29, 1.82) is 0 Å². The Morgan fingerprint density at radius 2 is 1.82 bits per heavy atom. The number of carbonyl (C=O) groups excluding carboxylic acids is 2. The number of carbonyl (C=O) groups is 2. The fourth-order valence-corrected chi connectivity index (χ4v) is 1.20. The highest BCUT2D eigenvalue weighted by molar-refractivity contribution is 6.93. The number of esters is 1. The van der Waals surface area contributed by atoms with Crippen LogP contribution in [0, 0.1) is 0 Å². The van der Waals surface area contributed by atoms with Gasteiger partial charge < -0.3 is 22.5 Å². The first kappa shape index (κ1) is 13.3. The Morgan fingerprint density at radius 3 is 2.35 bits per heavy atom. The van der Waals surface area contributed by atoms with Gasteiger partial charge in [0, 0.05) is 0 Å². The van der Waals surface area contributed by atoms with Gasteiger partial charge in [-0.3, -0.25) is 0 Å². The van der Waals surface area contributed by atoms with Crippen molar-refractivity contribution in [3.05, 3.63) is 35.4 Å². The summed E-state index contributed by atoms with van der Waals surface area (Å²) in [6, 6.07) is 4.40. The molecule has 17 heavy (non-hydrogen) atoms. The SMILES string of the molecule is CCOC(=O)c1cccc(C(=O)[B-](F)(F)F)c1. The number of halogens is 3. The number of benzene rings is 1. The van der Waals surface area contributed by atoms with Crippen LogP contribution in [0.15, 0.2) is 24.3 Å². The predicted octanol–water partition coefficient (Wildman–Crippen LogP) is 2.43. The smallest absolute Gasteiger partial charge is 0.462 e. The van der Waals surface area contributed by atoms with Gasteiger partial charge in [-0.05, 0) is 24.6 Å². The van der Waals surface area contributed by atoms with E-state index < -0.39 is 24.2 Å². The largest absolute Gasteiger partial charge is 0.549 e. The summed E-state index contributed by atoms with van der Waals surface area (Å²) in [5.74, 6) is -0.753. The van der Waals surface area contributed by atoms with E-state index in [-0.39, 0.29) is 12.2 Å². The van der Waals surface area contributed by atoms with Crippen molar-refractivity contribution >= 4 is 18.6 Å². The van der Waals surface area contributed by atoms with Gasteiger partial charge >= 0.3 is 12.9 Å². The van der Waals surface area contributed by atoms with Gasteiger partial charge in [0.2, 0.25) is 0 Å². The minimum Gasteiger partial charge on any atom is -0.462 e. The highest BCUT2D eigenvalue weighted by Crippen LogP contribution is 2.17. The number of hydrogen-bond acceptors (Lipinski definition) is 3. The van der Waals surface area contributed by atoms with E-state index in [0.29, 0.717) is 0 Å². The van der Waals surface area contributed by atoms with Crippen LogP contribution < -0.4 is 0 Å². The Balaban J connectivity index is 3.02. The van der Waals surface area contributed by atoms with Crippen molar-refractivity contribution in [3.8, 4) is 0 Å². The molecule has 0 bridgehead atoms. The van der Waals surface area contributed by atoms with Crippen LogP contribution in [0.3, 0.4) is 0 Å². The van der Waals surface area contributed by atoms with Crippen molar-refractivity contribution in [2.75, 3.05) is 6.61 Å². The lowest BCUT2D eigenvalue weighted by atomic mass is 9.79. The van der Waals surface area contributed by atoms with E-state index in [2.05, 4.69) is 4.74 Å². The van der Waals surface area contributed by atoms with Gasteiger partial charge in [0.05, 0.1) is 12.2 Å². The van der Waals surface area contributed by atoms with Crippen LogP contribution in [0.2, 0.25) is 0 Å². The number of hydrogen-bond donors (Lipinski definition) is 0. The lowest BCUT2D eigenvalue weighted by Gasteiger charge is -2.13. The second-order valence-corrected chi connectivity index (χ2v) is 3.24. The minimum absolute atomic E-state index is 0.0715. The van der Waals surface area contributed by atoms with Gasteiger partial charge in [-0.25, -0.2) is 4.79 Å². The van der Waals surface area contributed by atoms with Crippen LogP contribution in [0.4, 0.5) is 12.9 Å². The highest BCUT2D eigenvalue weighted by atomic mass is 19.4. The lowest BCUT2D eigenvalue weighted by Crippen LogP contribution is -2.29. The molecule has 0 amide bonds. The van der Waals surface area contributed by atoms with Crippen LogP contribution in [0.1, 0.15) is 27.6 Å². The molecule has 0 aliphatic carbocycles. The predicted molar refractivity (Wildman–Crippen MR) is 55.8 cm³/mol. The summed E-state index contributed by atoms with van der Waals surface area (Å²) in [7, 11) is 0. The third-order valence-electron chi connectivity index (χ3n) is 1.96. The molecule has 0 aliphatic rings. The maximum absolute atomic E-state index is 12.2. The van der Waals surface area contributed by atoms with Crippen LogP contribution in [-0.2, 0) is 4.74 Å². The molecule has 0 heterocycles. The summed E-state index contributed by atoms with van der Waals surface area (Å²) in [6.07, 6.45) is 0. The molecule has 0 saturated heterocycles. The van der Waals surface area contributed by atoms with Gasteiger partial charge in [0.25, 0.3) is 0 Å². The zero-order valence-electron chi connectivity index (χ0n) is 8.95. The highest BCUT2D eigenvalue weighted by Gasteiger charge is 2.34. The monoisotopic (exact) mass is 245 g/mol. The Kier molecular flexibility index (Phi) is 3.93. The molecule has 0 atom stereocenters. The topological polar surface area (TPSA) is 43.4 Å². The Morgan fingerprint density at radius 1 is 1.24 bits per heavy atom. The summed E-state index contributed by atoms with van der Waals surface area (Å²) in [5.41, 5.74) is -2.54. The first-order chi connectivity index (χ1) is 7.86. The Labute approximate surface area is 95.6 Å². The van der Waals surface area contributed by atoms with Gasteiger partial charge in [0.15, 0.2) is 0 Å². The quantitative estimate of drug-likeness (QED) is 0.604. The molecule has 0 aromatic heterocycles. The Bertz CT molecular complexity index is 443. The number of rotatable bonds is 4. The van der Waals surface area contributed by atoms with Crippen LogP contribution in [-0.4, -0.2) is 25.2 Å². The summed E-state index contributed by atoms with van der Waals surface area (Å²) in [5, 5.41) is 0. The average molecular weight is 245 g/mol. The zero-order chi connectivity index (χ0) is 13.1. The van der Waals surface area contributed by atoms with Crippen molar-refractivity contribution in [3.63, 3.8) is 0 Å². The molecular weight excluding hydrogens is 236 g/mol. The summed E-state index contributed by atoms with van der Waals surface area (Å²) in [6.45, 7) is -3.90. The van der Waals surface area contributed by atoms with Crippen LogP contribution in [0.25, 0.3) is 0 Å². The molecule has 1 aromatic rings. The summed E-state index contributed by atoms with van der Waals surface area (Å²) < 4.78 is 41.3. The maximum atomic E-state index is 12.2. The van der Waals surface area contributed by atoms with E-state index in [9.17, 15) is 22.5 Å². The maximum Gasteiger partial charge on any atom is 0.549 e. The van der Waals surface area contributed by atoms with E-state index in [4.69, 9.17) is 0 Å². The minimum atomic E-state index is -5.59. The van der Waals surface area contributed by atoms with Gasteiger partial charge in [-0.15, -0.1) is 0 Å². The number of ether oxygens (including phenoxy) is 1. The third-order valence-corrected chi connectivity index (χ3v) is 1.96. The Hall–Kier alpha value is -1.79. The lowest BCUT2D eigenvalue weighted by molar-refractivity contribution is 0.0526. The molecule has 0 radical (unpaired) electrons. The van der Waals surface area contributed by atoms with Gasteiger partial charge in [-0.1, -0.05) is 12.1 Å². The molecule has 0 unspecified atom stereocenters. The van der Waals surface area contributed by atoms with Crippen molar-refractivity contribution in [2.24, 2.45) is 0 Å². The molecule has 0 saturated carbocycles. The van der Waals surface area contributed by atoms with E-state index in [1.807, 2.05) is 0 Å². The second kappa shape index (κ2) is 5.03. The fraction of sp³-hybridized carbons (Fsp3) is 0.200. The van der Waals surface area contributed by atoms with Crippen molar-refractivity contribution in [2.45, 2.75) is 6.92 Å². The van der Waals surface area contributed by atoms with Crippen molar-refractivity contribution < 1.29 is 27.3 Å². The molecule has 0 spiro atoms. The normalized spacial score (nSPS) is 11.1. The standard InChI is InChI=1S/C10H9BF3O3/c1-2-17-10(16)8-5-3-4-7(6-8)9(15)11(12,13)14/h3-6H,2H2,1H3/q-1. The zero-order valence-corrected chi connectivity index (χ0v) is 8.95. The van der Waals surface area contributed by atoms with E-state index in [1.54, 1.807) is 6.92 Å². The summed E-state index contributed by atoms with van der Waals surface area (Å²) in [4.78, 5) is 22.2. The molecule has 7 heteroatoms. The van der Waals surface area contributed by atoms with Gasteiger partial charge in [-0.2, -0.15) is 0 Å². The van der Waals surface area contributed by atoms with E-state index in [1.165, 1.54) is 12.1 Å². The molecule has 92 valence electrons. The van der Waals surface area contributed by atoms with Crippen molar-refractivity contribution in [1.82, 2.24) is 0 Å². The van der Waals surface area contributed by atoms with Gasteiger partial charge in [0.1, 0.15) is 5.68 Å². The average Bonchev–Trinajstić information content (AvgIpc) is 2.27. The molecule has 0 fully saturated rings. The van der Waals surface area contributed by atoms with E-state index in [0.717, 1.165) is 12.1 Å². The van der Waals surface area contributed by atoms with E-state index >= 15 is 0 Å². The second-order valence-electron chi connectivity index (χ2n) is 3.24. The molecule has 1 aromatic carbocycles. The third kappa shape index (κ3) is 3.34. The first-order valence-electron chi connectivity index (χ1n) is 4.87. The first-order valence-corrected chi connectivity index (χ1v) is 4.87.